The van der Waals surface area contributed by atoms with Crippen molar-refractivity contribution >= 4 is 88.7 Å². The number of nitrogens with one attached hydrogen (secondary N) is 9. The summed E-state index contributed by atoms with van der Waals surface area (Å²) in [6.45, 7) is 12.4. The van der Waals surface area contributed by atoms with Crippen LogP contribution in [0.4, 0.5) is 0 Å². The minimum Gasteiger partial charge on any atom is -0.481 e. The molecular weight excluding hydrogens is 1120 g/mol. The third kappa shape index (κ3) is 26.6. The van der Waals surface area contributed by atoms with E-state index >= 15 is 0 Å². The lowest BCUT2D eigenvalue weighted by Crippen LogP contribution is -2.61. The highest BCUT2D eigenvalue weighted by Crippen LogP contribution is 2.21. The predicted octanol–water partition coefficient (Wildman–Crippen LogP) is -5.20. The summed E-state index contributed by atoms with van der Waals surface area (Å²) in [5.74, 6) is -17.3. The second kappa shape index (κ2) is 37.3. The zero-order valence-electron chi connectivity index (χ0n) is 49.7. The van der Waals surface area contributed by atoms with Gasteiger partial charge in [-0.05, 0) is 75.2 Å². The molecule has 1 aliphatic heterocycles. The molecule has 0 saturated carbocycles. The molecule has 0 aromatic heterocycles. The molecule has 1 fully saturated rings. The third-order valence-corrected chi connectivity index (χ3v) is 14.1. The van der Waals surface area contributed by atoms with E-state index in [2.05, 4.69) is 47.9 Å². The fourth-order valence-electron chi connectivity index (χ4n) is 8.90. The van der Waals surface area contributed by atoms with Gasteiger partial charge in [0.2, 0.25) is 76.8 Å². The average Bonchev–Trinajstić information content (AvgIpc) is 3.34. The summed E-state index contributed by atoms with van der Waals surface area (Å²) < 4.78 is 0. The van der Waals surface area contributed by atoms with Gasteiger partial charge in [0.15, 0.2) is 0 Å². The van der Waals surface area contributed by atoms with E-state index in [4.69, 9.17) is 28.7 Å². The first-order valence-electron chi connectivity index (χ1n) is 28.4. The lowest BCUT2D eigenvalue weighted by atomic mass is 9.96. The zero-order chi connectivity index (χ0) is 65.0. The Morgan fingerprint density at radius 3 is 1.58 bits per heavy atom. The van der Waals surface area contributed by atoms with Crippen molar-refractivity contribution < 1.29 is 82.1 Å². The van der Waals surface area contributed by atoms with Gasteiger partial charge in [0, 0.05) is 13.0 Å². The van der Waals surface area contributed by atoms with Crippen molar-refractivity contribution in [3.8, 4) is 0 Å². The molecule has 480 valence electrons. The fraction of sp³-hybridized carbons (Fsp3) is 0.717. The minimum atomic E-state index is -1.82. The molecule has 1 rings (SSSR count). The molecule has 1 heterocycles. The van der Waals surface area contributed by atoms with E-state index in [0.29, 0.717) is 19.3 Å². The molecule has 0 aromatic rings. The summed E-state index contributed by atoms with van der Waals surface area (Å²) in [5.41, 5.74) is 27.3. The first-order chi connectivity index (χ1) is 39.7. The number of primary amides is 3. The Balaban J connectivity index is 3.39. The standard InChI is InChI=1S/C53H91N15O17/c1-9-27(7)42(66-46(77)30(14-11-12-18-54)61-48(79)32(20-25(3)4)62-44(75)29(55)21-37(57)70)51(82)64-34(23-40(73)74)52(83)68-19-13-15-35(68)49(80)65-41(26(5)6)50(81)63-33(22-38(58)71)45(76)59-24-39(72)60-31(16-17-36(56)69)47(78)67-43(53(84)85)28(8)10-2/h25-35,41-43H,9-24,54-55H2,1-8H3,(H2,56,69)(H2,57,70)(H2,58,71)(H,59,76)(H,60,72)(H,61,79)(H,62,75)(H,63,81)(H,64,82)(H,65,80)(H,66,77)(H,67,78)(H,73,74)(H,84,85)/t27-,28-,29-,30-,31-,32-,33-,34-,35-,41-,42-,43-/m0/s1. The summed E-state index contributed by atoms with van der Waals surface area (Å²) in [6, 6.07) is -14.6. The molecule has 0 aromatic carbocycles. The number of likely N-dealkylation sites (tertiary alicyclic amines) is 1. The normalized spacial score (nSPS) is 16.8. The van der Waals surface area contributed by atoms with E-state index in [1.54, 1.807) is 41.5 Å². The van der Waals surface area contributed by atoms with E-state index in [1.807, 2.05) is 0 Å². The molecular formula is C53H91N15O17. The summed E-state index contributed by atoms with van der Waals surface area (Å²) in [5, 5.41) is 41.5. The zero-order valence-corrected chi connectivity index (χ0v) is 49.7. The number of amides is 13. The van der Waals surface area contributed by atoms with Crippen LogP contribution in [0.25, 0.3) is 0 Å². The van der Waals surface area contributed by atoms with E-state index in [-0.39, 0.29) is 57.5 Å². The molecule has 32 heteroatoms. The lowest BCUT2D eigenvalue weighted by molar-refractivity contribution is -0.146. The molecule has 21 N–H and O–H groups in total. The maximum Gasteiger partial charge on any atom is 0.326 e. The Morgan fingerprint density at radius 1 is 0.541 bits per heavy atom. The number of unbranched alkanes of at least 4 members (excludes halogenated alkanes) is 1. The molecule has 12 atom stereocenters. The molecule has 1 saturated heterocycles. The molecule has 0 unspecified atom stereocenters. The number of aliphatic carboxylic acids is 2. The summed E-state index contributed by atoms with van der Waals surface area (Å²) in [7, 11) is 0. The van der Waals surface area contributed by atoms with Crippen LogP contribution in [0.1, 0.15) is 139 Å². The maximum absolute atomic E-state index is 14.3. The topological polar surface area (TPSA) is 538 Å². The Bertz CT molecular complexity index is 2390. The van der Waals surface area contributed by atoms with Crippen LogP contribution >= 0.6 is 0 Å². The van der Waals surface area contributed by atoms with Gasteiger partial charge in [0.25, 0.3) is 0 Å². The smallest absolute Gasteiger partial charge is 0.326 e. The van der Waals surface area contributed by atoms with Crippen molar-refractivity contribution in [1.82, 2.24) is 52.8 Å². The van der Waals surface area contributed by atoms with Crippen LogP contribution in [0.15, 0.2) is 0 Å². The lowest BCUT2D eigenvalue weighted by Gasteiger charge is -2.32. The number of nitrogens with two attached hydrogens (primary N) is 5. The van der Waals surface area contributed by atoms with Gasteiger partial charge in [-0.25, -0.2) is 4.79 Å². The first kappa shape index (κ1) is 75.0. The second-order valence-electron chi connectivity index (χ2n) is 22.0. The van der Waals surface area contributed by atoms with Gasteiger partial charge in [-0.3, -0.25) is 67.1 Å². The number of hydrogen-bond acceptors (Lipinski definition) is 17. The third-order valence-electron chi connectivity index (χ3n) is 14.1. The van der Waals surface area contributed by atoms with Crippen LogP contribution in [0.5, 0.6) is 0 Å². The number of nitrogens with zero attached hydrogens (tertiary/aromatic N) is 1. The maximum atomic E-state index is 14.3. The Morgan fingerprint density at radius 2 is 1.06 bits per heavy atom. The number of carbonyl (C=O) groups is 15. The molecule has 85 heavy (non-hydrogen) atoms. The number of carboxylic acid groups (broad SMARTS) is 2. The Hall–Kier alpha value is -8.03. The van der Waals surface area contributed by atoms with Crippen LogP contribution in [-0.2, 0) is 71.9 Å². The molecule has 13 amide bonds. The van der Waals surface area contributed by atoms with Crippen molar-refractivity contribution in [2.75, 3.05) is 19.6 Å². The molecule has 0 spiro atoms. The second-order valence-corrected chi connectivity index (χ2v) is 22.0. The summed E-state index contributed by atoms with van der Waals surface area (Å²) in [4.78, 5) is 197. The molecule has 1 aliphatic rings. The summed E-state index contributed by atoms with van der Waals surface area (Å²) in [6.07, 6.45) is -1.38. The first-order valence-corrected chi connectivity index (χ1v) is 28.4. The predicted molar refractivity (Wildman–Crippen MR) is 303 cm³/mol. The Kier molecular flexibility index (Phi) is 32.9. The van der Waals surface area contributed by atoms with Gasteiger partial charge >= 0.3 is 11.9 Å². The quantitative estimate of drug-likeness (QED) is 0.0255. The average molecular weight is 1210 g/mol. The van der Waals surface area contributed by atoms with Crippen LogP contribution in [0.3, 0.4) is 0 Å². The minimum absolute atomic E-state index is 0.000263. The molecule has 32 nitrogen and oxygen atoms in total. The number of carboxylic acids is 2. The monoisotopic (exact) mass is 1210 g/mol. The van der Waals surface area contributed by atoms with Gasteiger partial charge in [-0.15, -0.1) is 0 Å². The molecule has 0 aliphatic carbocycles. The van der Waals surface area contributed by atoms with Crippen LogP contribution in [0.2, 0.25) is 0 Å². The van der Waals surface area contributed by atoms with Gasteiger partial charge in [-0.2, -0.15) is 0 Å². The largest absolute Gasteiger partial charge is 0.481 e. The van der Waals surface area contributed by atoms with Crippen LogP contribution < -0.4 is 76.5 Å². The van der Waals surface area contributed by atoms with E-state index < -0.39 is 199 Å². The van der Waals surface area contributed by atoms with E-state index in [1.165, 1.54) is 13.8 Å². The fourth-order valence-corrected chi connectivity index (χ4v) is 8.90. The van der Waals surface area contributed by atoms with Crippen molar-refractivity contribution in [3.63, 3.8) is 0 Å². The molecule has 0 bridgehead atoms. The van der Waals surface area contributed by atoms with Gasteiger partial charge in [0.1, 0.15) is 54.4 Å². The van der Waals surface area contributed by atoms with Crippen molar-refractivity contribution in [3.05, 3.63) is 0 Å². The van der Waals surface area contributed by atoms with E-state index in [0.717, 1.165) is 4.90 Å². The molecule has 0 radical (unpaired) electrons. The summed E-state index contributed by atoms with van der Waals surface area (Å²) >= 11 is 0. The SMILES string of the molecule is CC[C@H](C)[C@H](NC(=O)[C@H](CCC(N)=O)NC(=O)CNC(=O)[C@H](CC(N)=O)NC(=O)[C@@H](NC(=O)[C@@H]1CCCN1C(=O)[C@H](CC(=O)O)NC(=O)[C@@H](NC(=O)[C@H](CCCCN)NC(=O)[C@H](CC(C)C)NC(=O)[C@@H](N)CC(N)=O)[C@@H](C)CC)C(C)C)C(=O)O. The van der Waals surface area contributed by atoms with Gasteiger partial charge in [-0.1, -0.05) is 68.2 Å². The Labute approximate surface area is 493 Å². The number of carbonyl (C=O) groups excluding carboxylic acids is 13. The highest BCUT2D eigenvalue weighted by Gasteiger charge is 2.42. The van der Waals surface area contributed by atoms with Crippen LogP contribution in [0, 0.1) is 23.7 Å². The number of hydrogen-bond donors (Lipinski definition) is 16. The van der Waals surface area contributed by atoms with Crippen LogP contribution in [-0.4, -0.2) is 184 Å². The highest BCUT2D eigenvalue weighted by atomic mass is 16.4. The highest BCUT2D eigenvalue weighted by molar-refractivity contribution is 6.00. The number of rotatable bonds is 40. The van der Waals surface area contributed by atoms with E-state index in [9.17, 15) is 82.1 Å². The van der Waals surface area contributed by atoms with Crippen molar-refractivity contribution in [2.45, 2.75) is 199 Å². The van der Waals surface area contributed by atoms with Crippen molar-refractivity contribution in [2.24, 2.45) is 52.3 Å². The van der Waals surface area contributed by atoms with Gasteiger partial charge in [0.05, 0.1) is 31.8 Å². The van der Waals surface area contributed by atoms with Crippen molar-refractivity contribution in [1.29, 1.82) is 0 Å². The van der Waals surface area contributed by atoms with Gasteiger partial charge < -0.3 is 91.6 Å².